The van der Waals surface area contributed by atoms with Gasteiger partial charge in [0.15, 0.2) is 5.78 Å². The van der Waals surface area contributed by atoms with Gasteiger partial charge in [-0.25, -0.2) is 4.79 Å². The molecule has 5 heteroatoms. The Kier molecular flexibility index (Phi) is 5.58. The van der Waals surface area contributed by atoms with E-state index < -0.39 is 5.97 Å². The van der Waals surface area contributed by atoms with Crippen LogP contribution < -0.4 is 4.90 Å². The number of nitrogens with zero attached hydrogens (tertiary/aromatic N) is 1. The van der Waals surface area contributed by atoms with Gasteiger partial charge in [-0.1, -0.05) is 36.4 Å². The monoisotopic (exact) mass is 403 g/mol. The number of carboxylic acids is 1. The standard InChI is InChI=1S/C24H21NO3S/c26-21(17-8-10-19(11-9-17)24(27)28)13-12-18-5-3-6-20(22-7-4-16-29-22)23(18)25-14-1-2-15-25/h3-13,16H,1-2,14-15H2,(H,27,28). The topological polar surface area (TPSA) is 57.6 Å². The minimum Gasteiger partial charge on any atom is -0.478 e. The number of para-hydroxylation sites is 1. The van der Waals surface area contributed by atoms with Crippen molar-refractivity contribution in [2.45, 2.75) is 12.8 Å². The molecule has 1 fully saturated rings. The van der Waals surface area contributed by atoms with Gasteiger partial charge in [-0.05, 0) is 54.1 Å². The summed E-state index contributed by atoms with van der Waals surface area (Å²) >= 11 is 1.72. The fourth-order valence-corrected chi connectivity index (χ4v) is 4.41. The number of hydrogen-bond donors (Lipinski definition) is 1. The Morgan fingerprint density at radius 1 is 0.931 bits per heavy atom. The molecule has 0 aliphatic carbocycles. The molecule has 0 radical (unpaired) electrons. The highest BCUT2D eigenvalue weighted by atomic mass is 32.1. The third kappa shape index (κ3) is 4.15. The van der Waals surface area contributed by atoms with Crippen molar-refractivity contribution in [2.24, 2.45) is 0 Å². The Hall–Kier alpha value is -3.18. The number of rotatable bonds is 6. The first kappa shape index (κ1) is 19.2. The largest absolute Gasteiger partial charge is 0.478 e. The summed E-state index contributed by atoms with van der Waals surface area (Å²) in [5.41, 5.74) is 4.04. The normalized spacial score (nSPS) is 13.9. The number of hydrogen-bond acceptors (Lipinski definition) is 4. The highest BCUT2D eigenvalue weighted by molar-refractivity contribution is 7.13. The van der Waals surface area contributed by atoms with Crippen LogP contribution >= 0.6 is 11.3 Å². The zero-order valence-corrected chi connectivity index (χ0v) is 16.7. The van der Waals surface area contributed by atoms with Gasteiger partial charge in [-0.2, -0.15) is 0 Å². The summed E-state index contributed by atoms with van der Waals surface area (Å²) in [5.74, 6) is -1.14. The van der Waals surface area contributed by atoms with Crippen LogP contribution in [0.1, 0.15) is 39.1 Å². The van der Waals surface area contributed by atoms with E-state index in [0.717, 1.165) is 18.7 Å². The second-order valence-corrected chi connectivity index (χ2v) is 7.94. The minimum atomic E-state index is -1.000. The van der Waals surface area contributed by atoms with Gasteiger partial charge >= 0.3 is 5.97 Å². The molecule has 0 spiro atoms. The number of carbonyl (C=O) groups is 2. The lowest BCUT2D eigenvalue weighted by Gasteiger charge is -2.23. The van der Waals surface area contributed by atoms with Gasteiger partial charge in [0.1, 0.15) is 0 Å². The van der Waals surface area contributed by atoms with Gasteiger partial charge in [0.2, 0.25) is 0 Å². The SMILES string of the molecule is O=C(O)c1ccc(C(=O)C=Cc2cccc(-c3cccs3)c2N2CCCC2)cc1. The summed E-state index contributed by atoms with van der Waals surface area (Å²) in [6.45, 7) is 2.04. The average molecular weight is 404 g/mol. The minimum absolute atomic E-state index is 0.143. The molecule has 1 aliphatic heterocycles. The molecule has 2 heterocycles. The molecule has 1 aliphatic rings. The van der Waals surface area contributed by atoms with E-state index in [-0.39, 0.29) is 11.3 Å². The zero-order chi connectivity index (χ0) is 20.2. The summed E-state index contributed by atoms with van der Waals surface area (Å²) in [5, 5.41) is 11.1. The summed E-state index contributed by atoms with van der Waals surface area (Å²) in [4.78, 5) is 27.2. The van der Waals surface area contributed by atoms with E-state index >= 15 is 0 Å². The third-order valence-electron chi connectivity index (χ3n) is 5.11. The molecule has 4 nitrogen and oxygen atoms in total. The number of carboxylic acid groups (broad SMARTS) is 1. The van der Waals surface area contributed by atoms with Crippen molar-refractivity contribution in [1.29, 1.82) is 0 Å². The van der Waals surface area contributed by atoms with E-state index in [1.807, 2.05) is 18.2 Å². The number of benzene rings is 2. The Balaban J connectivity index is 1.66. The molecule has 0 amide bonds. The number of carbonyl (C=O) groups excluding carboxylic acids is 1. The lowest BCUT2D eigenvalue weighted by Crippen LogP contribution is -2.19. The van der Waals surface area contributed by atoms with E-state index in [1.54, 1.807) is 29.5 Å². The molecule has 0 saturated carbocycles. The highest BCUT2D eigenvalue weighted by Crippen LogP contribution is 2.38. The van der Waals surface area contributed by atoms with Crippen LogP contribution in [0.25, 0.3) is 16.5 Å². The predicted octanol–water partition coefficient (Wildman–Crippen LogP) is 5.61. The lowest BCUT2D eigenvalue weighted by molar-refractivity contribution is 0.0696. The van der Waals surface area contributed by atoms with Gasteiger partial charge in [0.25, 0.3) is 0 Å². The predicted molar refractivity (Wildman–Crippen MR) is 118 cm³/mol. The van der Waals surface area contributed by atoms with E-state index in [1.165, 1.54) is 41.1 Å². The van der Waals surface area contributed by atoms with Crippen molar-refractivity contribution < 1.29 is 14.7 Å². The van der Waals surface area contributed by atoms with Crippen LogP contribution in [0.4, 0.5) is 5.69 Å². The molecular weight excluding hydrogens is 382 g/mol. The van der Waals surface area contributed by atoms with Crippen molar-refractivity contribution in [3.05, 3.63) is 82.7 Å². The van der Waals surface area contributed by atoms with Gasteiger partial charge in [0, 0.05) is 29.1 Å². The summed E-state index contributed by atoms with van der Waals surface area (Å²) in [6.07, 6.45) is 5.80. The summed E-state index contributed by atoms with van der Waals surface area (Å²) in [7, 11) is 0. The Labute approximate surface area is 173 Å². The Bertz CT molecular complexity index is 1050. The van der Waals surface area contributed by atoms with Crippen LogP contribution in [-0.2, 0) is 0 Å². The van der Waals surface area contributed by atoms with Crippen molar-refractivity contribution in [3.63, 3.8) is 0 Å². The lowest BCUT2D eigenvalue weighted by atomic mass is 10.0. The second-order valence-electron chi connectivity index (χ2n) is 6.99. The van der Waals surface area contributed by atoms with E-state index in [4.69, 9.17) is 5.11 Å². The number of thiophene rings is 1. The first-order chi connectivity index (χ1) is 14.1. The van der Waals surface area contributed by atoms with E-state index in [2.05, 4.69) is 28.5 Å². The molecule has 146 valence electrons. The molecule has 3 aromatic rings. The third-order valence-corrected chi connectivity index (χ3v) is 6.01. The Morgan fingerprint density at radius 3 is 2.31 bits per heavy atom. The average Bonchev–Trinajstić information content (AvgIpc) is 3.46. The Morgan fingerprint density at radius 2 is 1.66 bits per heavy atom. The number of anilines is 1. The van der Waals surface area contributed by atoms with Gasteiger partial charge < -0.3 is 10.0 Å². The van der Waals surface area contributed by atoms with E-state index in [9.17, 15) is 9.59 Å². The molecule has 1 aromatic heterocycles. The van der Waals surface area contributed by atoms with Crippen molar-refractivity contribution in [2.75, 3.05) is 18.0 Å². The smallest absolute Gasteiger partial charge is 0.335 e. The molecule has 4 rings (SSSR count). The van der Waals surface area contributed by atoms with Crippen LogP contribution in [0.5, 0.6) is 0 Å². The second kappa shape index (κ2) is 8.45. The van der Waals surface area contributed by atoms with E-state index in [0.29, 0.717) is 5.56 Å². The number of ketones is 1. The maximum atomic E-state index is 12.6. The maximum Gasteiger partial charge on any atom is 0.335 e. The maximum absolute atomic E-state index is 12.6. The molecule has 0 atom stereocenters. The fourth-order valence-electron chi connectivity index (χ4n) is 3.66. The zero-order valence-electron chi connectivity index (χ0n) is 15.9. The molecule has 29 heavy (non-hydrogen) atoms. The molecule has 2 aromatic carbocycles. The molecular formula is C24H21NO3S. The van der Waals surface area contributed by atoms with Gasteiger partial charge in [-0.15, -0.1) is 11.3 Å². The fraction of sp³-hybridized carbons (Fsp3) is 0.167. The van der Waals surface area contributed by atoms with Crippen LogP contribution in [0.15, 0.2) is 66.1 Å². The number of allylic oxidation sites excluding steroid dienone is 1. The van der Waals surface area contributed by atoms with Crippen LogP contribution in [0.3, 0.4) is 0 Å². The van der Waals surface area contributed by atoms with Gasteiger partial charge in [0.05, 0.1) is 11.3 Å². The highest BCUT2D eigenvalue weighted by Gasteiger charge is 2.19. The first-order valence-corrected chi connectivity index (χ1v) is 10.5. The molecule has 1 N–H and O–H groups in total. The summed E-state index contributed by atoms with van der Waals surface area (Å²) < 4.78 is 0. The van der Waals surface area contributed by atoms with Gasteiger partial charge in [-0.3, -0.25) is 4.79 Å². The molecule has 0 bridgehead atoms. The quantitative estimate of drug-likeness (QED) is 0.429. The van der Waals surface area contributed by atoms with Crippen LogP contribution in [0, 0.1) is 0 Å². The van der Waals surface area contributed by atoms with Crippen molar-refractivity contribution in [1.82, 2.24) is 0 Å². The van der Waals surface area contributed by atoms with Crippen molar-refractivity contribution in [3.8, 4) is 10.4 Å². The van der Waals surface area contributed by atoms with Crippen LogP contribution in [0.2, 0.25) is 0 Å². The molecule has 1 saturated heterocycles. The van der Waals surface area contributed by atoms with Crippen LogP contribution in [-0.4, -0.2) is 29.9 Å². The molecule has 0 unspecified atom stereocenters. The first-order valence-electron chi connectivity index (χ1n) is 9.61. The number of aromatic carboxylic acids is 1. The summed E-state index contributed by atoms with van der Waals surface area (Å²) in [6, 6.07) is 16.4. The van der Waals surface area contributed by atoms with Crippen molar-refractivity contribution >= 4 is 34.9 Å².